The lowest BCUT2D eigenvalue weighted by Gasteiger charge is -2.48. The van der Waals surface area contributed by atoms with Gasteiger partial charge in [-0.15, -0.1) is 0 Å². The Kier molecular flexibility index (Phi) is 4.34. The topological polar surface area (TPSA) is 50.3 Å². The number of halogens is 3. The van der Waals surface area contributed by atoms with Crippen molar-refractivity contribution in [1.29, 1.82) is 0 Å². The summed E-state index contributed by atoms with van der Waals surface area (Å²) in [6.45, 7) is 1.86. The van der Waals surface area contributed by atoms with Crippen LogP contribution in [0.1, 0.15) is 49.3 Å². The number of pyridine rings is 1. The zero-order valence-electron chi connectivity index (χ0n) is 14.5. The van der Waals surface area contributed by atoms with Crippen molar-refractivity contribution in [2.75, 3.05) is 24.6 Å². The van der Waals surface area contributed by atoms with E-state index in [1.54, 1.807) is 6.07 Å². The number of rotatable bonds is 2. The molecular weight excluding hydrogens is 365 g/mol. The highest BCUT2D eigenvalue weighted by Crippen LogP contribution is 2.45. The number of nitrogens with zero attached hydrogens (tertiary/aromatic N) is 2. The lowest BCUT2D eigenvalue weighted by Crippen LogP contribution is -2.55. The van der Waals surface area contributed by atoms with Crippen LogP contribution in [0, 0.1) is 5.41 Å². The molecule has 2 saturated heterocycles. The van der Waals surface area contributed by atoms with Gasteiger partial charge in [-0.3, -0.25) is 4.98 Å². The summed E-state index contributed by atoms with van der Waals surface area (Å²) in [5.74, 6) is 0.950. The maximum atomic E-state index is 12.6. The van der Waals surface area contributed by atoms with E-state index in [4.69, 9.17) is 0 Å². The summed E-state index contributed by atoms with van der Waals surface area (Å²) in [5, 5.41) is 0. The zero-order valence-corrected chi connectivity index (χ0v) is 15.3. The van der Waals surface area contributed by atoms with E-state index in [1.165, 1.54) is 6.20 Å². The highest BCUT2D eigenvalue weighted by Gasteiger charge is 2.50. The largest absolute Gasteiger partial charge is 0.433 e. The van der Waals surface area contributed by atoms with E-state index < -0.39 is 21.7 Å². The maximum absolute atomic E-state index is 12.6. The summed E-state index contributed by atoms with van der Waals surface area (Å²) in [7, 11) is -2.79. The Morgan fingerprint density at radius 2 is 1.81 bits per heavy atom. The molecule has 1 aliphatic carbocycles. The minimum Gasteiger partial charge on any atom is -0.300 e. The average Bonchev–Trinajstić information content (AvgIpc) is 3.03. The van der Waals surface area contributed by atoms with E-state index in [0.29, 0.717) is 17.5 Å². The first-order valence-electron chi connectivity index (χ1n) is 9.14. The van der Waals surface area contributed by atoms with E-state index >= 15 is 0 Å². The van der Waals surface area contributed by atoms with Gasteiger partial charge in [-0.1, -0.05) is 6.07 Å². The highest BCUT2D eigenvalue weighted by atomic mass is 32.2. The van der Waals surface area contributed by atoms with Gasteiger partial charge in [-0.05, 0) is 62.7 Å². The second-order valence-electron chi connectivity index (χ2n) is 8.21. The minimum atomic E-state index is -4.39. The van der Waals surface area contributed by atoms with Crippen molar-refractivity contribution in [3.8, 4) is 0 Å². The Labute approximate surface area is 151 Å². The second-order valence-corrected chi connectivity index (χ2v) is 10.3. The Morgan fingerprint density at radius 3 is 2.35 bits per heavy atom. The molecule has 1 saturated carbocycles. The Balaban J connectivity index is 1.33. The quantitative estimate of drug-likeness (QED) is 0.781. The molecule has 2 aliphatic heterocycles. The summed E-state index contributed by atoms with van der Waals surface area (Å²) < 4.78 is 60.9. The number of alkyl halides is 3. The van der Waals surface area contributed by atoms with Gasteiger partial charge in [0.1, 0.15) is 5.69 Å². The number of aromatic nitrogens is 1. The lowest BCUT2D eigenvalue weighted by molar-refractivity contribution is -0.141. The van der Waals surface area contributed by atoms with Crippen molar-refractivity contribution in [2.45, 2.75) is 50.2 Å². The molecule has 0 N–H and O–H groups in total. The van der Waals surface area contributed by atoms with Crippen LogP contribution in [0.5, 0.6) is 0 Å². The average molecular weight is 388 g/mol. The molecule has 0 aromatic carbocycles. The maximum Gasteiger partial charge on any atom is 0.433 e. The first-order chi connectivity index (χ1) is 12.2. The Hall–Kier alpha value is -1.15. The minimum absolute atomic E-state index is 0.0185. The molecule has 1 aromatic heterocycles. The standard InChI is InChI=1S/C18H23F3N2O2S/c19-18(20,21)16-4-2-14(10-22-16)13-1-3-15(9-13)23-7-5-17(6-8-23)11-26(24,25)12-17/h2,4,10,13,15H,1,3,5-9,11-12H2/t13-,15?/m1/s1. The van der Waals surface area contributed by atoms with Crippen LogP contribution in [0.25, 0.3) is 0 Å². The van der Waals surface area contributed by atoms with Gasteiger partial charge in [0.15, 0.2) is 9.84 Å². The molecule has 1 spiro atoms. The molecular formula is C18H23F3N2O2S. The number of hydrogen-bond acceptors (Lipinski definition) is 4. The van der Waals surface area contributed by atoms with Gasteiger partial charge in [0.2, 0.25) is 0 Å². The Morgan fingerprint density at radius 1 is 1.12 bits per heavy atom. The predicted molar refractivity (Wildman–Crippen MR) is 91.5 cm³/mol. The summed E-state index contributed by atoms with van der Waals surface area (Å²) in [6, 6.07) is 3.08. The third kappa shape index (κ3) is 3.50. The molecule has 0 amide bonds. The molecule has 3 fully saturated rings. The van der Waals surface area contributed by atoms with Crippen LogP contribution >= 0.6 is 0 Å². The lowest BCUT2D eigenvalue weighted by atomic mass is 9.80. The van der Waals surface area contributed by atoms with Gasteiger partial charge in [0.25, 0.3) is 0 Å². The first kappa shape index (κ1) is 18.2. The number of sulfone groups is 1. The fraction of sp³-hybridized carbons (Fsp3) is 0.722. The van der Waals surface area contributed by atoms with Crippen LogP contribution in [0.2, 0.25) is 0 Å². The molecule has 3 heterocycles. The van der Waals surface area contributed by atoms with Crippen LogP contribution in [0.4, 0.5) is 13.2 Å². The summed E-state index contributed by atoms with van der Waals surface area (Å²) in [5.41, 5.74) is 0.0664. The molecule has 4 nitrogen and oxygen atoms in total. The van der Waals surface area contributed by atoms with Gasteiger partial charge in [-0.25, -0.2) is 8.42 Å². The van der Waals surface area contributed by atoms with Crippen molar-refractivity contribution < 1.29 is 21.6 Å². The molecule has 8 heteroatoms. The predicted octanol–water partition coefficient (Wildman–Crippen LogP) is 3.25. The molecule has 0 radical (unpaired) electrons. The van der Waals surface area contributed by atoms with E-state index in [-0.39, 0.29) is 11.3 Å². The van der Waals surface area contributed by atoms with E-state index in [2.05, 4.69) is 9.88 Å². The van der Waals surface area contributed by atoms with Crippen LogP contribution < -0.4 is 0 Å². The van der Waals surface area contributed by atoms with Crippen molar-refractivity contribution in [2.24, 2.45) is 5.41 Å². The van der Waals surface area contributed by atoms with Crippen LogP contribution in [0.3, 0.4) is 0 Å². The molecule has 3 aliphatic rings. The van der Waals surface area contributed by atoms with Gasteiger partial charge >= 0.3 is 6.18 Å². The van der Waals surface area contributed by atoms with Crippen LogP contribution in [-0.4, -0.2) is 48.9 Å². The fourth-order valence-corrected chi connectivity index (χ4v) is 7.31. The van der Waals surface area contributed by atoms with E-state index in [0.717, 1.165) is 56.8 Å². The summed E-state index contributed by atoms with van der Waals surface area (Å²) >= 11 is 0. The molecule has 26 heavy (non-hydrogen) atoms. The van der Waals surface area contributed by atoms with Crippen LogP contribution in [-0.2, 0) is 16.0 Å². The fourth-order valence-electron chi connectivity index (χ4n) is 4.95. The number of piperidine rings is 1. The summed E-state index contributed by atoms with van der Waals surface area (Å²) in [4.78, 5) is 6.04. The normalized spacial score (nSPS) is 31.0. The molecule has 144 valence electrons. The Bertz CT molecular complexity index is 755. The van der Waals surface area contributed by atoms with Gasteiger partial charge in [0.05, 0.1) is 11.5 Å². The SMILES string of the molecule is O=S1(=O)CC2(CCN(C3CC[C@@H](c4ccc(C(F)(F)F)nc4)C3)CC2)C1. The summed E-state index contributed by atoms with van der Waals surface area (Å²) in [6.07, 6.45) is 1.81. The van der Waals surface area contributed by atoms with Crippen molar-refractivity contribution >= 4 is 9.84 Å². The smallest absolute Gasteiger partial charge is 0.300 e. The molecule has 0 bridgehead atoms. The van der Waals surface area contributed by atoms with Gasteiger partial charge in [0, 0.05) is 17.7 Å². The van der Waals surface area contributed by atoms with Crippen molar-refractivity contribution in [1.82, 2.24) is 9.88 Å². The third-order valence-electron chi connectivity index (χ3n) is 6.38. The monoisotopic (exact) mass is 388 g/mol. The molecule has 1 aromatic rings. The van der Waals surface area contributed by atoms with Gasteiger partial charge in [-0.2, -0.15) is 13.2 Å². The van der Waals surface area contributed by atoms with Crippen molar-refractivity contribution in [3.05, 3.63) is 29.6 Å². The highest BCUT2D eigenvalue weighted by molar-refractivity contribution is 7.92. The molecule has 1 unspecified atom stereocenters. The van der Waals surface area contributed by atoms with Crippen molar-refractivity contribution in [3.63, 3.8) is 0 Å². The van der Waals surface area contributed by atoms with Gasteiger partial charge < -0.3 is 4.90 Å². The first-order valence-corrected chi connectivity index (χ1v) is 11.0. The molecule has 4 rings (SSSR count). The number of hydrogen-bond donors (Lipinski definition) is 0. The second kappa shape index (κ2) is 6.19. The zero-order chi connectivity index (χ0) is 18.6. The third-order valence-corrected chi connectivity index (χ3v) is 8.48. The van der Waals surface area contributed by atoms with E-state index in [1.807, 2.05) is 0 Å². The van der Waals surface area contributed by atoms with Crippen LogP contribution in [0.15, 0.2) is 18.3 Å². The number of likely N-dealkylation sites (tertiary alicyclic amines) is 1. The van der Waals surface area contributed by atoms with E-state index in [9.17, 15) is 21.6 Å². The molecule has 2 atom stereocenters.